The van der Waals surface area contributed by atoms with Gasteiger partial charge in [0.15, 0.2) is 17.5 Å². The Balaban J connectivity index is 1.03. The normalized spacial score (nSPS) is 11.5. The highest BCUT2D eigenvalue weighted by molar-refractivity contribution is 6.18. The van der Waals surface area contributed by atoms with Crippen LogP contribution in [-0.4, -0.2) is 24.5 Å². The highest BCUT2D eigenvalue weighted by Gasteiger charge is 2.19. The minimum atomic E-state index is 0.597. The first-order valence-corrected chi connectivity index (χ1v) is 21.2. The van der Waals surface area contributed by atoms with E-state index in [1.165, 1.54) is 21.8 Å². The number of hydrogen-bond acceptors (Lipinski definition) is 4. The van der Waals surface area contributed by atoms with Gasteiger partial charge >= 0.3 is 0 Å². The molecule has 5 heteroatoms. The van der Waals surface area contributed by atoms with Gasteiger partial charge in [-0.25, -0.2) is 19.9 Å². The quantitative estimate of drug-likeness (QED) is 0.151. The van der Waals surface area contributed by atoms with Crippen LogP contribution in [0, 0.1) is 0 Å². The highest BCUT2D eigenvalue weighted by atomic mass is 15.0. The monoisotopic (exact) mass is 803 g/mol. The van der Waals surface area contributed by atoms with Crippen molar-refractivity contribution in [2.75, 3.05) is 0 Å². The van der Waals surface area contributed by atoms with E-state index in [9.17, 15) is 0 Å². The first-order chi connectivity index (χ1) is 31.2. The van der Waals surface area contributed by atoms with Gasteiger partial charge in [0, 0.05) is 49.7 Å². The summed E-state index contributed by atoms with van der Waals surface area (Å²) in [5, 5.41) is 5.90. The average Bonchev–Trinajstić information content (AvgIpc) is 3.71. The number of fused-ring (bicyclic) bond motifs is 6. The lowest BCUT2D eigenvalue weighted by atomic mass is 9.90. The lowest BCUT2D eigenvalue weighted by molar-refractivity contribution is 1.07. The maximum atomic E-state index is 5.48. The smallest absolute Gasteiger partial charge is 0.164 e. The van der Waals surface area contributed by atoms with Crippen molar-refractivity contribution in [1.29, 1.82) is 0 Å². The Morgan fingerprint density at radius 2 is 0.794 bits per heavy atom. The molecule has 12 aromatic rings. The first-order valence-electron chi connectivity index (χ1n) is 21.2. The zero-order valence-corrected chi connectivity index (χ0v) is 34.1. The van der Waals surface area contributed by atoms with Crippen molar-refractivity contribution >= 4 is 43.5 Å². The summed E-state index contributed by atoms with van der Waals surface area (Å²) >= 11 is 0. The molecule has 0 amide bonds. The Morgan fingerprint density at radius 3 is 1.44 bits per heavy atom. The summed E-state index contributed by atoms with van der Waals surface area (Å²) in [6.45, 7) is 0. The Labute approximate surface area is 364 Å². The number of para-hydroxylation sites is 2. The number of hydrogen-bond donors (Lipinski definition) is 0. The largest absolute Gasteiger partial charge is 0.309 e. The summed E-state index contributed by atoms with van der Waals surface area (Å²) in [4.78, 5) is 20.9. The lowest BCUT2D eigenvalue weighted by Crippen LogP contribution is -2.01. The third-order valence-corrected chi connectivity index (χ3v) is 12.0. The maximum absolute atomic E-state index is 5.48. The Hall–Kier alpha value is -8.54. The van der Waals surface area contributed by atoms with Crippen molar-refractivity contribution in [3.8, 4) is 73.4 Å². The van der Waals surface area contributed by atoms with Gasteiger partial charge in [0.1, 0.15) is 0 Å². The van der Waals surface area contributed by atoms with Crippen molar-refractivity contribution in [2.45, 2.75) is 0 Å². The molecule has 0 spiro atoms. The van der Waals surface area contributed by atoms with Gasteiger partial charge in [-0.1, -0.05) is 170 Å². The molecule has 0 atom stereocenters. The molecule has 12 rings (SSSR count). The van der Waals surface area contributed by atoms with Crippen LogP contribution in [0.5, 0.6) is 0 Å². The van der Waals surface area contributed by atoms with E-state index in [0.29, 0.717) is 17.5 Å². The van der Waals surface area contributed by atoms with Gasteiger partial charge in [-0.15, -0.1) is 0 Å². The Morgan fingerprint density at radius 1 is 0.302 bits per heavy atom. The van der Waals surface area contributed by atoms with Gasteiger partial charge in [0.25, 0.3) is 0 Å². The molecule has 3 heterocycles. The summed E-state index contributed by atoms with van der Waals surface area (Å²) in [5.41, 5.74) is 13.4. The van der Waals surface area contributed by atoms with Crippen molar-refractivity contribution < 1.29 is 0 Å². The zero-order valence-electron chi connectivity index (χ0n) is 34.1. The molecule has 0 fully saturated rings. The van der Waals surface area contributed by atoms with E-state index in [-0.39, 0.29) is 0 Å². The third kappa shape index (κ3) is 6.42. The summed E-state index contributed by atoms with van der Waals surface area (Å²) in [7, 11) is 0. The number of pyridine rings is 1. The topological polar surface area (TPSA) is 56.5 Å². The molecule has 0 saturated heterocycles. The molecule has 63 heavy (non-hydrogen) atoms. The minimum absolute atomic E-state index is 0.597. The third-order valence-electron chi connectivity index (χ3n) is 12.0. The van der Waals surface area contributed by atoms with Crippen LogP contribution in [0.15, 0.2) is 224 Å². The summed E-state index contributed by atoms with van der Waals surface area (Å²) in [5.74, 6) is 1.82. The highest BCUT2D eigenvalue weighted by Crippen LogP contribution is 2.42. The second kappa shape index (κ2) is 15.2. The summed E-state index contributed by atoms with van der Waals surface area (Å²) < 4.78 is 2.32. The van der Waals surface area contributed by atoms with Gasteiger partial charge in [-0.05, 0) is 82.1 Å². The van der Waals surface area contributed by atoms with Crippen molar-refractivity contribution in [2.24, 2.45) is 0 Å². The van der Waals surface area contributed by atoms with Crippen molar-refractivity contribution in [1.82, 2.24) is 24.5 Å². The molecule has 0 saturated carbocycles. The van der Waals surface area contributed by atoms with Crippen LogP contribution in [0.25, 0.3) is 117 Å². The fourth-order valence-corrected chi connectivity index (χ4v) is 9.05. The fraction of sp³-hybridized carbons (Fsp3) is 0. The molecule has 0 radical (unpaired) electrons. The van der Waals surface area contributed by atoms with E-state index < -0.39 is 0 Å². The number of benzene rings is 9. The predicted octanol–water partition coefficient (Wildman–Crippen LogP) is 14.7. The Bertz CT molecular complexity index is 3600. The maximum Gasteiger partial charge on any atom is 0.164 e. The molecule has 0 aliphatic heterocycles. The number of aromatic nitrogens is 5. The number of rotatable bonds is 7. The summed E-state index contributed by atoms with van der Waals surface area (Å²) in [6.07, 6.45) is 0. The van der Waals surface area contributed by atoms with Crippen LogP contribution < -0.4 is 0 Å². The van der Waals surface area contributed by atoms with E-state index in [4.69, 9.17) is 19.9 Å². The first kappa shape index (κ1) is 36.3. The fourth-order valence-electron chi connectivity index (χ4n) is 9.05. The van der Waals surface area contributed by atoms with Gasteiger partial charge in [-0.2, -0.15) is 0 Å². The van der Waals surface area contributed by atoms with Gasteiger partial charge < -0.3 is 4.57 Å². The van der Waals surface area contributed by atoms with E-state index in [1.54, 1.807) is 0 Å². The number of nitrogens with zero attached hydrogens (tertiary/aromatic N) is 5. The molecular weight excluding hydrogens is 767 g/mol. The van der Waals surface area contributed by atoms with Gasteiger partial charge in [0.2, 0.25) is 0 Å². The van der Waals surface area contributed by atoms with Crippen molar-refractivity contribution in [3.05, 3.63) is 224 Å². The van der Waals surface area contributed by atoms with E-state index >= 15 is 0 Å². The molecule has 0 bridgehead atoms. The Kier molecular flexibility index (Phi) is 8.75. The second-order valence-corrected chi connectivity index (χ2v) is 15.8. The molecule has 5 nitrogen and oxygen atoms in total. The molecule has 3 aromatic heterocycles. The van der Waals surface area contributed by atoms with Crippen LogP contribution in [0.3, 0.4) is 0 Å². The summed E-state index contributed by atoms with van der Waals surface area (Å²) in [6, 6.07) is 78.6. The molecule has 0 aliphatic rings. The molecule has 0 N–H and O–H groups in total. The van der Waals surface area contributed by atoms with Crippen LogP contribution >= 0.6 is 0 Å². The molecule has 294 valence electrons. The molecular formula is C58H37N5. The molecule has 0 aliphatic carbocycles. The SMILES string of the molecule is c1ccc(-c2cc(-c3ccccc3)c3c(n2)c(-c2cccc(-c4nc(-c5ccccc5)nc(-c5ccc(-n6c7ccccc7c7ccccc76)cc5)n4)c2)cc2ccccc23)cc1. The van der Waals surface area contributed by atoms with Gasteiger partial charge in [-0.3, -0.25) is 0 Å². The average molecular weight is 804 g/mol. The van der Waals surface area contributed by atoms with Crippen molar-refractivity contribution in [3.63, 3.8) is 0 Å². The van der Waals surface area contributed by atoms with E-state index in [0.717, 1.165) is 77.6 Å². The minimum Gasteiger partial charge on any atom is -0.309 e. The van der Waals surface area contributed by atoms with Crippen LogP contribution in [-0.2, 0) is 0 Å². The standard InChI is InChI=1S/C58H37N5/c1-4-17-38(18-5-1)49-37-51(39-19-6-2-7-20-39)59-55-50(36-43-23-10-11-26-46(43)54(49)55)42-24-16-25-44(35-42)58-61-56(40-21-8-3-9-22-40)60-57(62-58)41-31-33-45(34-32-41)63-52-29-14-12-27-47(52)48-28-13-15-30-53(48)63/h1-37H. The van der Waals surface area contributed by atoms with Crippen LogP contribution in [0.2, 0.25) is 0 Å². The molecule has 0 unspecified atom stereocenters. The van der Waals surface area contributed by atoms with Gasteiger partial charge in [0.05, 0.1) is 22.2 Å². The predicted molar refractivity (Wildman–Crippen MR) is 260 cm³/mol. The lowest BCUT2D eigenvalue weighted by Gasteiger charge is -2.17. The second-order valence-electron chi connectivity index (χ2n) is 15.8. The van der Waals surface area contributed by atoms with E-state index in [1.807, 2.05) is 36.4 Å². The zero-order chi connectivity index (χ0) is 41.7. The van der Waals surface area contributed by atoms with Crippen LogP contribution in [0.4, 0.5) is 0 Å². The van der Waals surface area contributed by atoms with E-state index in [2.05, 4.69) is 193 Å². The van der Waals surface area contributed by atoms with Crippen LogP contribution in [0.1, 0.15) is 0 Å². The molecule has 9 aromatic carbocycles.